The van der Waals surface area contributed by atoms with Gasteiger partial charge in [-0.15, -0.1) is 0 Å². The molecule has 1 aromatic heterocycles. The van der Waals surface area contributed by atoms with Crippen molar-refractivity contribution in [3.8, 4) is 5.75 Å². The number of aromatic nitrogens is 1. The van der Waals surface area contributed by atoms with Crippen molar-refractivity contribution < 1.29 is 9.53 Å². The minimum atomic E-state index is -0.471. The van der Waals surface area contributed by atoms with Crippen LogP contribution in [0.2, 0.25) is 0 Å². The Bertz CT molecular complexity index is 599. The fourth-order valence-electron chi connectivity index (χ4n) is 1.91. The molecule has 0 saturated heterocycles. The molecule has 1 unspecified atom stereocenters. The third-order valence-electron chi connectivity index (χ3n) is 2.99. The van der Waals surface area contributed by atoms with Gasteiger partial charge in [0.2, 0.25) is 5.91 Å². The number of nitrogens with one attached hydrogen (secondary N) is 1. The summed E-state index contributed by atoms with van der Waals surface area (Å²) in [6.45, 7) is 1.98. The number of benzene rings is 1. The van der Waals surface area contributed by atoms with Crippen LogP contribution in [0.1, 0.15) is 29.0 Å². The third kappa shape index (κ3) is 3.06. The molecule has 20 heavy (non-hydrogen) atoms. The van der Waals surface area contributed by atoms with E-state index in [9.17, 15) is 4.79 Å². The quantitative estimate of drug-likeness (QED) is 0.875. The molecular formula is C15H17N3O2. The van der Waals surface area contributed by atoms with Crippen LogP contribution in [0.3, 0.4) is 0 Å². The molecule has 2 rings (SSSR count). The summed E-state index contributed by atoms with van der Waals surface area (Å²) in [5.74, 6) is 0.180. The molecule has 0 bridgehead atoms. The normalized spacial score (nSPS) is 11.7. The first-order valence-electron chi connectivity index (χ1n) is 6.27. The fourth-order valence-corrected chi connectivity index (χ4v) is 1.91. The van der Waals surface area contributed by atoms with Crippen molar-refractivity contribution in [3.63, 3.8) is 0 Å². The minimum absolute atomic E-state index is 0.0202. The molecule has 104 valence electrons. The Kier molecular flexibility index (Phi) is 4.20. The summed E-state index contributed by atoms with van der Waals surface area (Å²) in [5.41, 5.74) is 7.34. The van der Waals surface area contributed by atoms with Gasteiger partial charge in [-0.05, 0) is 37.3 Å². The van der Waals surface area contributed by atoms with E-state index in [0.717, 1.165) is 5.69 Å². The van der Waals surface area contributed by atoms with Crippen LogP contribution in [0.15, 0.2) is 42.6 Å². The van der Waals surface area contributed by atoms with E-state index in [0.29, 0.717) is 17.0 Å². The zero-order valence-corrected chi connectivity index (χ0v) is 11.5. The van der Waals surface area contributed by atoms with Crippen LogP contribution in [-0.4, -0.2) is 18.0 Å². The molecule has 1 atom stereocenters. The highest BCUT2D eigenvalue weighted by atomic mass is 16.5. The molecule has 0 fully saturated rings. The second-order valence-electron chi connectivity index (χ2n) is 4.40. The van der Waals surface area contributed by atoms with Crippen LogP contribution >= 0.6 is 0 Å². The average Bonchev–Trinajstić information content (AvgIpc) is 2.48. The molecule has 3 N–H and O–H groups in total. The number of carbonyl (C=O) groups excluding carboxylic acids is 1. The van der Waals surface area contributed by atoms with Gasteiger partial charge in [0.1, 0.15) is 5.75 Å². The topological polar surface area (TPSA) is 77.2 Å². The van der Waals surface area contributed by atoms with Crippen molar-refractivity contribution in [1.82, 2.24) is 4.98 Å². The first-order valence-corrected chi connectivity index (χ1v) is 6.27. The second-order valence-corrected chi connectivity index (χ2v) is 4.40. The van der Waals surface area contributed by atoms with Gasteiger partial charge in [-0.25, -0.2) is 0 Å². The van der Waals surface area contributed by atoms with Crippen LogP contribution in [0.4, 0.5) is 5.69 Å². The van der Waals surface area contributed by atoms with Crippen molar-refractivity contribution in [3.05, 3.63) is 53.9 Å². The SMILES string of the molecule is COc1ccc(C(N)=O)cc1NC(C)c1ccccn1. The maximum Gasteiger partial charge on any atom is 0.248 e. The molecule has 2 aromatic rings. The van der Waals surface area contributed by atoms with Crippen molar-refractivity contribution in [2.45, 2.75) is 13.0 Å². The van der Waals surface area contributed by atoms with Crippen molar-refractivity contribution in [2.75, 3.05) is 12.4 Å². The Hall–Kier alpha value is -2.56. The fraction of sp³-hybridized carbons (Fsp3) is 0.200. The second kappa shape index (κ2) is 6.06. The van der Waals surface area contributed by atoms with Gasteiger partial charge in [0, 0.05) is 11.8 Å². The number of carbonyl (C=O) groups is 1. The molecule has 0 aliphatic heterocycles. The Labute approximate surface area is 117 Å². The maximum atomic E-state index is 11.2. The van der Waals surface area contributed by atoms with Gasteiger partial charge in [-0.3, -0.25) is 9.78 Å². The van der Waals surface area contributed by atoms with Gasteiger partial charge in [-0.2, -0.15) is 0 Å². The van der Waals surface area contributed by atoms with Crippen LogP contribution in [0, 0.1) is 0 Å². The lowest BCUT2D eigenvalue weighted by Crippen LogP contribution is -2.13. The van der Waals surface area contributed by atoms with Crippen molar-refractivity contribution >= 4 is 11.6 Å². The summed E-state index contributed by atoms with van der Waals surface area (Å²) >= 11 is 0. The Balaban J connectivity index is 2.27. The standard InChI is InChI=1S/C15H17N3O2/c1-10(12-5-3-4-8-17-12)18-13-9-11(15(16)19)6-7-14(13)20-2/h3-10,18H,1-2H3,(H2,16,19). The molecule has 0 radical (unpaired) electrons. The summed E-state index contributed by atoms with van der Waals surface area (Å²) in [7, 11) is 1.58. The van der Waals surface area contributed by atoms with E-state index in [1.807, 2.05) is 25.1 Å². The van der Waals surface area contributed by atoms with E-state index in [4.69, 9.17) is 10.5 Å². The molecule has 5 heteroatoms. The van der Waals surface area contributed by atoms with Gasteiger partial charge >= 0.3 is 0 Å². The lowest BCUT2D eigenvalue weighted by Gasteiger charge is -2.17. The number of pyridine rings is 1. The zero-order chi connectivity index (χ0) is 14.5. The first kappa shape index (κ1) is 13.9. The highest BCUT2D eigenvalue weighted by molar-refractivity contribution is 5.94. The van der Waals surface area contributed by atoms with E-state index in [-0.39, 0.29) is 6.04 Å². The lowest BCUT2D eigenvalue weighted by molar-refractivity contribution is 0.100. The average molecular weight is 271 g/mol. The molecule has 0 aliphatic rings. The summed E-state index contributed by atoms with van der Waals surface area (Å²) in [6, 6.07) is 10.7. The zero-order valence-electron chi connectivity index (χ0n) is 11.5. The molecule has 0 spiro atoms. The molecule has 0 aliphatic carbocycles. The number of methoxy groups -OCH3 is 1. The molecular weight excluding hydrogens is 254 g/mol. The molecule has 1 heterocycles. The number of nitrogens with zero attached hydrogens (tertiary/aromatic N) is 1. The summed E-state index contributed by atoms with van der Waals surface area (Å²) in [5, 5.41) is 3.28. The van der Waals surface area contributed by atoms with E-state index in [1.54, 1.807) is 31.5 Å². The number of rotatable bonds is 5. The number of primary amides is 1. The Morgan fingerprint density at radius 2 is 2.15 bits per heavy atom. The van der Waals surface area contributed by atoms with Gasteiger partial charge in [0.15, 0.2) is 0 Å². The Morgan fingerprint density at radius 3 is 2.75 bits per heavy atom. The minimum Gasteiger partial charge on any atom is -0.495 e. The highest BCUT2D eigenvalue weighted by Gasteiger charge is 2.12. The van der Waals surface area contributed by atoms with Crippen LogP contribution in [0.5, 0.6) is 5.75 Å². The summed E-state index contributed by atoms with van der Waals surface area (Å²) in [4.78, 5) is 15.5. The summed E-state index contributed by atoms with van der Waals surface area (Å²) in [6.07, 6.45) is 1.74. The number of hydrogen-bond donors (Lipinski definition) is 2. The third-order valence-corrected chi connectivity index (χ3v) is 2.99. The molecule has 5 nitrogen and oxygen atoms in total. The first-order chi connectivity index (χ1) is 9.61. The predicted molar refractivity (Wildman–Crippen MR) is 77.8 cm³/mol. The van der Waals surface area contributed by atoms with Gasteiger partial charge in [-0.1, -0.05) is 6.07 Å². The van der Waals surface area contributed by atoms with Crippen LogP contribution < -0.4 is 15.8 Å². The highest BCUT2D eigenvalue weighted by Crippen LogP contribution is 2.28. The van der Waals surface area contributed by atoms with Crippen molar-refractivity contribution in [1.29, 1.82) is 0 Å². The van der Waals surface area contributed by atoms with Crippen LogP contribution in [0.25, 0.3) is 0 Å². The predicted octanol–water partition coefficient (Wildman–Crippen LogP) is 2.36. The van der Waals surface area contributed by atoms with Crippen LogP contribution in [-0.2, 0) is 0 Å². The number of ether oxygens (including phenoxy) is 1. The van der Waals surface area contributed by atoms with Gasteiger partial charge < -0.3 is 15.8 Å². The van der Waals surface area contributed by atoms with Crippen molar-refractivity contribution in [2.24, 2.45) is 5.73 Å². The lowest BCUT2D eigenvalue weighted by atomic mass is 10.1. The number of hydrogen-bond acceptors (Lipinski definition) is 4. The Morgan fingerprint density at radius 1 is 1.35 bits per heavy atom. The maximum absolute atomic E-state index is 11.2. The smallest absolute Gasteiger partial charge is 0.248 e. The van der Waals surface area contributed by atoms with E-state index in [1.165, 1.54) is 0 Å². The monoisotopic (exact) mass is 271 g/mol. The number of anilines is 1. The van der Waals surface area contributed by atoms with E-state index >= 15 is 0 Å². The van der Waals surface area contributed by atoms with Gasteiger partial charge in [0.05, 0.1) is 24.5 Å². The van der Waals surface area contributed by atoms with E-state index < -0.39 is 5.91 Å². The largest absolute Gasteiger partial charge is 0.495 e. The molecule has 1 amide bonds. The summed E-state index contributed by atoms with van der Waals surface area (Å²) < 4.78 is 5.28. The molecule has 1 aromatic carbocycles. The number of nitrogens with two attached hydrogens (primary N) is 1. The molecule has 0 saturated carbocycles. The van der Waals surface area contributed by atoms with E-state index in [2.05, 4.69) is 10.3 Å². The number of amides is 1. The van der Waals surface area contributed by atoms with Gasteiger partial charge in [0.25, 0.3) is 0 Å².